The van der Waals surface area contributed by atoms with Crippen LogP contribution < -0.4 is 0 Å². The molecule has 0 spiro atoms. The average molecular weight is 180 g/mol. The van der Waals surface area contributed by atoms with Crippen LogP contribution in [0.5, 0.6) is 0 Å². The Morgan fingerprint density at radius 3 is 2.27 bits per heavy atom. The lowest BCUT2D eigenvalue weighted by Crippen LogP contribution is -1.84. The number of hydrogen-bond donors (Lipinski definition) is 0. The zero-order chi connectivity index (χ0) is 8.74. The lowest BCUT2D eigenvalue weighted by molar-refractivity contribution is 0.263. The van der Waals surface area contributed by atoms with E-state index in [1.807, 2.05) is 6.92 Å². The third-order valence-electron chi connectivity index (χ3n) is 1.02. The molecule has 0 bridgehead atoms. The van der Waals surface area contributed by atoms with Crippen molar-refractivity contribution in [2.45, 2.75) is 6.92 Å². The minimum atomic E-state index is -3.02. The molecule has 0 aliphatic heterocycles. The van der Waals surface area contributed by atoms with Crippen LogP contribution >= 0.6 is 7.60 Å². The van der Waals surface area contributed by atoms with Gasteiger partial charge in [0.05, 0.1) is 18.7 Å². The van der Waals surface area contributed by atoms with Crippen molar-refractivity contribution in [1.82, 2.24) is 0 Å². The molecule has 0 saturated carbocycles. The van der Waals surface area contributed by atoms with Gasteiger partial charge in [-0.1, -0.05) is 0 Å². The average Bonchev–Trinajstić information content (AvgIpc) is 2.05. The molecule has 0 atom stereocenters. The van der Waals surface area contributed by atoms with Crippen LogP contribution in [-0.4, -0.2) is 20.8 Å². The fraction of sp³-hybridized carbons (Fsp3) is 0.667. The second kappa shape index (κ2) is 5.35. The highest BCUT2D eigenvalue weighted by atomic mass is 31.2. The molecule has 0 unspecified atom stereocenters. The highest BCUT2D eigenvalue weighted by molar-refractivity contribution is 7.57. The first-order valence-electron chi connectivity index (χ1n) is 3.19. The summed E-state index contributed by atoms with van der Waals surface area (Å²) in [6, 6.07) is 0. The summed E-state index contributed by atoms with van der Waals surface area (Å²) in [4.78, 5) is 0. The van der Waals surface area contributed by atoms with E-state index in [1.54, 1.807) is 0 Å². The van der Waals surface area contributed by atoms with Gasteiger partial charge >= 0.3 is 7.60 Å². The summed E-state index contributed by atoms with van der Waals surface area (Å²) in [5, 5.41) is 0. The van der Waals surface area contributed by atoms with Gasteiger partial charge in [0, 0.05) is 14.2 Å². The molecular weight excluding hydrogens is 167 g/mol. The highest BCUT2D eigenvalue weighted by Crippen LogP contribution is 2.47. The minimum Gasteiger partial charge on any atom is -0.501 e. The topological polar surface area (TPSA) is 44.8 Å². The van der Waals surface area contributed by atoms with Crippen molar-refractivity contribution in [3.8, 4) is 0 Å². The summed E-state index contributed by atoms with van der Waals surface area (Å²) in [5.74, 6) is 1.27. The van der Waals surface area contributed by atoms with E-state index in [9.17, 15) is 4.57 Å². The maximum absolute atomic E-state index is 11.2. The van der Waals surface area contributed by atoms with E-state index in [0.717, 1.165) is 0 Å². The molecule has 0 N–H and O–H groups in total. The molecule has 0 radical (unpaired) electrons. The monoisotopic (exact) mass is 180 g/mol. The molecule has 0 amide bonds. The van der Waals surface area contributed by atoms with Crippen molar-refractivity contribution in [2.24, 2.45) is 0 Å². The molecule has 0 saturated heterocycles. The van der Waals surface area contributed by atoms with Gasteiger partial charge in [0.1, 0.15) is 0 Å². The van der Waals surface area contributed by atoms with E-state index in [0.29, 0.717) is 6.61 Å². The minimum absolute atomic E-state index is 0.532. The summed E-state index contributed by atoms with van der Waals surface area (Å²) in [6.45, 7) is 2.36. The van der Waals surface area contributed by atoms with Crippen molar-refractivity contribution >= 4 is 7.60 Å². The fourth-order valence-corrected chi connectivity index (χ4v) is 1.04. The molecular formula is C6H13O4P. The van der Waals surface area contributed by atoms with Crippen molar-refractivity contribution in [3.05, 3.63) is 12.1 Å². The van der Waals surface area contributed by atoms with E-state index in [-0.39, 0.29) is 0 Å². The smallest absolute Gasteiger partial charge is 0.356 e. The molecule has 0 heterocycles. The highest BCUT2D eigenvalue weighted by Gasteiger charge is 2.15. The fourth-order valence-electron chi connectivity index (χ4n) is 0.410. The van der Waals surface area contributed by atoms with E-state index in [2.05, 4.69) is 9.05 Å². The molecule has 0 rings (SSSR count). The third-order valence-corrected chi connectivity index (χ3v) is 2.52. The maximum atomic E-state index is 11.2. The number of ether oxygens (including phenoxy) is 1. The van der Waals surface area contributed by atoms with Crippen LogP contribution in [0.2, 0.25) is 0 Å². The second-order valence-electron chi connectivity index (χ2n) is 1.65. The SMILES string of the molecule is CCOC=CP(=O)(OC)OC. The standard InChI is InChI=1S/C6H13O4P/c1-4-10-5-6-11(7,8-2)9-3/h5-6H,4H2,1-3H3. The molecule has 66 valence electrons. The molecule has 0 aliphatic carbocycles. The van der Waals surface area contributed by atoms with Crippen LogP contribution in [0.1, 0.15) is 6.92 Å². The number of rotatable bonds is 5. The Balaban J connectivity index is 3.97. The first-order valence-corrected chi connectivity index (χ1v) is 4.80. The Kier molecular flexibility index (Phi) is 5.20. The van der Waals surface area contributed by atoms with Gasteiger partial charge in [-0.05, 0) is 6.92 Å². The van der Waals surface area contributed by atoms with Crippen molar-refractivity contribution < 1.29 is 18.3 Å². The maximum Gasteiger partial charge on any atom is 0.356 e. The normalized spacial score (nSPS) is 12.3. The zero-order valence-corrected chi connectivity index (χ0v) is 7.84. The summed E-state index contributed by atoms with van der Waals surface area (Å²) in [7, 11) is -0.376. The molecule has 0 fully saturated rings. The molecule has 4 nitrogen and oxygen atoms in total. The van der Waals surface area contributed by atoms with Gasteiger partial charge in [-0.15, -0.1) is 0 Å². The molecule has 0 aromatic heterocycles. The van der Waals surface area contributed by atoms with E-state index in [4.69, 9.17) is 4.74 Å². The van der Waals surface area contributed by atoms with Gasteiger partial charge in [0.2, 0.25) is 0 Å². The van der Waals surface area contributed by atoms with Crippen LogP contribution in [0.3, 0.4) is 0 Å². The van der Waals surface area contributed by atoms with E-state index >= 15 is 0 Å². The summed E-state index contributed by atoms with van der Waals surface area (Å²) in [6.07, 6.45) is 1.31. The van der Waals surface area contributed by atoms with Crippen molar-refractivity contribution in [2.75, 3.05) is 20.8 Å². The third kappa shape index (κ3) is 4.19. The van der Waals surface area contributed by atoms with Gasteiger partial charge in [-0.25, -0.2) is 0 Å². The van der Waals surface area contributed by atoms with Crippen molar-refractivity contribution in [1.29, 1.82) is 0 Å². The van der Waals surface area contributed by atoms with Gasteiger partial charge in [-0.2, -0.15) is 0 Å². The summed E-state index contributed by atoms with van der Waals surface area (Å²) in [5.41, 5.74) is 0. The molecule has 5 heteroatoms. The molecule has 11 heavy (non-hydrogen) atoms. The van der Waals surface area contributed by atoms with Crippen LogP contribution in [0.25, 0.3) is 0 Å². The first kappa shape index (κ1) is 10.7. The zero-order valence-electron chi connectivity index (χ0n) is 6.94. The van der Waals surface area contributed by atoms with Crippen LogP contribution in [-0.2, 0) is 18.3 Å². The van der Waals surface area contributed by atoms with Crippen LogP contribution in [0, 0.1) is 0 Å². The lowest BCUT2D eigenvalue weighted by atomic mass is 10.9. The Labute approximate surface area is 66.7 Å². The van der Waals surface area contributed by atoms with Crippen molar-refractivity contribution in [3.63, 3.8) is 0 Å². The molecule has 0 aromatic carbocycles. The van der Waals surface area contributed by atoms with Crippen LogP contribution in [0.15, 0.2) is 12.1 Å². The Bertz CT molecular complexity index is 158. The van der Waals surface area contributed by atoms with Gasteiger partial charge in [0.15, 0.2) is 0 Å². The first-order chi connectivity index (χ1) is 5.18. The summed E-state index contributed by atoms with van der Waals surface area (Å²) < 4.78 is 25.2. The van der Waals surface area contributed by atoms with E-state index in [1.165, 1.54) is 26.3 Å². The number of hydrogen-bond acceptors (Lipinski definition) is 4. The predicted octanol–water partition coefficient (Wildman–Crippen LogP) is 1.98. The molecule has 0 aromatic rings. The Morgan fingerprint density at radius 2 is 1.91 bits per heavy atom. The van der Waals surface area contributed by atoms with Gasteiger partial charge in [0.25, 0.3) is 0 Å². The van der Waals surface area contributed by atoms with E-state index < -0.39 is 7.60 Å². The molecule has 0 aliphatic rings. The Morgan fingerprint density at radius 1 is 1.36 bits per heavy atom. The summed E-state index contributed by atoms with van der Waals surface area (Å²) >= 11 is 0. The van der Waals surface area contributed by atoms with Crippen LogP contribution in [0.4, 0.5) is 0 Å². The lowest BCUT2D eigenvalue weighted by Gasteiger charge is -2.07. The largest absolute Gasteiger partial charge is 0.501 e. The quantitative estimate of drug-likeness (QED) is 0.479. The second-order valence-corrected chi connectivity index (χ2v) is 3.75. The predicted molar refractivity (Wildman–Crippen MR) is 42.4 cm³/mol. The van der Waals surface area contributed by atoms with Gasteiger partial charge in [-0.3, -0.25) is 4.57 Å². The Hall–Kier alpha value is -0.310. The van der Waals surface area contributed by atoms with Gasteiger partial charge < -0.3 is 13.8 Å².